The lowest BCUT2D eigenvalue weighted by Crippen LogP contribution is -2.29. The predicted octanol–water partition coefficient (Wildman–Crippen LogP) is 0.112. The largest absolute Gasteiger partial charge is 0.493 e. The quantitative estimate of drug-likeness (QED) is 0.638. The molecule has 0 radical (unpaired) electrons. The molecule has 2 fully saturated rings. The monoisotopic (exact) mass is 375 g/mol. The van der Waals surface area contributed by atoms with E-state index in [1.807, 2.05) is 4.90 Å². The Labute approximate surface area is 155 Å². The summed E-state index contributed by atoms with van der Waals surface area (Å²) < 4.78 is 10.6. The smallest absolute Gasteiger partial charge is 0.290 e. The number of ether oxygens (including phenoxy) is 2. The Morgan fingerprint density at radius 1 is 1.26 bits per heavy atom. The summed E-state index contributed by atoms with van der Waals surface area (Å²) in [5.74, 6) is 2.54. The fourth-order valence-electron chi connectivity index (χ4n) is 3.51. The van der Waals surface area contributed by atoms with Crippen molar-refractivity contribution in [2.45, 2.75) is 0 Å². The van der Waals surface area contributed by atoms with E-state index >= 15 is 0 Å². The number of hydrogen-bond acceptors (Lipinski definition) is 8. The van der Waals surface area contributed by atoms with Gasteiger partial charge in [0.1, 0.15) is 5.82 Å². The molecule has 10 heteroatoms. The second-order valence-corrected chi connectivity index (χ2v) is 6.26. The van der Waals surface area contributed by atoms with E-state index in [1.165, 1.54) is 0 Å². The first-order valence-electron chi connectivity index (χ1n) is 8.32. The van der Waals surface area contributed by atoms with Crippen LogP contribution < -0.4 is 25.4 Å². The molecule has 2 aliphatic rings. The van der Waals surface area contributed by atoms with E-state index in [9.17, 15) is 4.79 Å². The van der Waals surface area contributed by atoms with Crippen molar-refractivity contribution in [2.24, 2.45) is 11.8 Å². The minimum atomic E-state index is -0.250. The lowest BCUT2D eigenvalue weighted by Gasteiger charge is -2.18. The number of hydrogen-bond donors (Lipinski definition) is 3. The molecular weight excluding hydrogens is 354 g/mol. The van der Waals surface area contributed by atoms with Crippen molar-refractivity contribution in [3.05, 3.63) is 12.1 Å². The molecule has 1 amide bonds. The normalized spacial score (nSPS) is 20.5. The summed E-state index contributed by atoms with van der Waals surface area (Å²) in [5.41, 5.74) is 6.82. The molecular formula is C17H21N5O5. The summed E-state index contributed by atoms with van der Waals surface area (Å²) in [6.07, 6.45) is 0. The standard InChI is InChI=1S/C16H19N5O3.CH2O2/c1-23-12-3-9-11(4-13(12)24-2)19-16(20-14(9)17)21-6-8-5-18-15(22)10(8)7-21;2-1-3/h3-4,8,10H,5-7H2,1-2H3,(H,18,22)(H2,17,19,20);1H,(H,2,3)/t8-,10+;/m0./s1. The second kappa shape index (κ2) is 7.52. The molecule has 0 bridgehead atoms. The Kier molecular flexibility index (Phi) is 5.15. The first-order valence-corrected chi connectivity index (χ1v) is 8.32. The van der Waals surface area contributed by atoms with Gasteiger partial charge >= 0.3 is 0 Å². The number of carboxylic acid groups (broad SMARTS) is 1. The Bertz CT molecular complexity index is 874. The SMILES string of the molecule is COc1cc2nc(N3C[C@@H]4CNC(=O)[C@@H]4C3)nc(N)c2cc1OC.O=CO. The second-order valence-electron chi connectivity index (χ2n) is 6.26. The fraction of sp³-hybridized carbons (Fsp3) is 0.412. The van der Waals surface area contributed by atoms with Gasteiger partial charge in [-0.05, 0) is 6.07 Å². The van der Waals surface area contributed by atoms with Crippen LogP contribution in [0.4, 0.5) is 11.8 Å². The van der Waals surface area contributed by atoms with Gasteiger partial charge in [0.2, 0.25) is 11.9 Å². The number of nitrogens with one attached hydrogen (secondary N) is 1. The summed E-state index contributed by atoms with van der Waals surface area (Å²) in [5, 5.41) is 10.5. The molecule has 10 nitrogen and oxygen atoms in total. The average Bonchev–Trinajstić information content (AvgIpc) is 3.23. The molecule has 2 aliphatic heterocycles. The number of nitrogens with zero attached hydrogens (tertiary/aromatic N) is 3. The zero-order valence-electron chi connectivity index (χ0n) is 15.0. The summed E-state index contributed by atoms with van der Waals surface area (Å²) in [6, 6.07) is 3.57. The van der Waals surface area contributed by atoms with Crippen LogP contribution in [0.25, 0.3) is 10.9 Å². The average molecular weight is 375 g/mol. The fourth-order valence-corrected chi connectivity index (χ4v) is 3.51. The highest BCUT2D eigenvalue weighted by atomic mass is 16.5. The Balaban J connectivity index is 0.000000659. The molecule has 0 unspecified atom stereocenters. The molecule has 0 saturated carbocycles. The maximum atomic E-state index is 11.8. The van der Waals surface area contributed by atoms with Gasteiger partial charge in [0, 0.05) is 37.0 Å². The number of nitrogens with two attached hydrogens (primary N) is 1. The van der Waals surface area contributed by atoms with E-state index in [0.29, 0.717) is 53.2 Å². The van der Waals surface area contributed by atoms with Gasteiger partial charge in [0.25, 0.3) is 6.47 Å². The third-order valence-corrected chi connectivity index (χ3v) is 4.82. The number of rotatable bonds is 3. The van der Waals surface area contributed by atoms with Crippen molar-refractivity contribution >= 4 is 35.0 Å². The highest BCUT2D eigenvalue weighted by Gasteiger charge is 2.42. The van der Waals surface area contributed by atoms with Crippen LogP contribution in [0.15, 0.2) is 12.1 Å². The third kappa shape index (κ3) is 3.37. The molecule has 1 aromatic carbocycles. The van der Waals surface area contributed by atoms with Crippen LogP contribution in [-0.4, -0.2) is 61.3 Å². The van der Waals surface area contributed by atoms with Crippen LogP contribution in [0.3, 0.4) is 0 Å². The summed E-state index contributed by atoms with van der Waals surface area (Å²) in [4.78, 5) is 31.3. The Morgan fingerprint density at radius 3 is 2.56 bits per heavy atom. The third-order valence-electron chi connectivity index (χ3n) is 4.82. The number of nitrogen functional groups attached to an aromatic ring is 1. The number of fused-ring (bicyclic) bond motifs is 2. The van der Waals surface area contributed by atoms with E-state index in [0.717, 1.165) is 6.54 Å². The maximum Gasteiger partial charge on any atom is 0.290 e. The molecule has 0 spiro atoms. The van der Waals surface area contributed by atoms with Gasteiger partial charge in [-0.25, -0.2) is 4.98 Å². The number of anilines is 2. The highest BCUT2D eigenvalue weighted by molar-refractivity contribution is 5.92. The number of aromatic nitrogens is 2. The lowest BCUT2D eigenvalue weighted by atomic mass is 10.0. The zero-order chi connectivity index (χ0) is 19.6. The van der Waals surface area contributed by atoms with Crippen molar-refractivity contribution in [1.82, 2.24) is 15.3 Å². The van der Waals surface area contributed by atoms with Gasteiger partial charge in [-0.3, -0.25) is 9.59 Å². The van der Waals surface area contributed by atoms with Gasteiger partial charge in [-0.1, -0.05) is 0 Å². The molecule has 27 heavy (non-hydrogen) atoms. The number of amides is 1. The maximum absolute atomic E-state index is 11.8. The van der Waals surface area contributed by atoms with Crippen LogP contribution in [0.5, 0.6) is 11.5 Å². The van der Waals surface area contributed by atoms with Crippen LogP contribution >= 0.6 is 0 Å². The van der Waals surface area contributed by atoms with Crippen LogP contribution in [0, 0.1) is 11.8 Å². The van der Waals surface area contributed by atoms with E-state index in [2.05, 4.69) is 15.3 Å². The lowest BCUT2D eigenvalue weighted by molar-refractivity contribution is -0.123. The van der Waals surface area contributed by atoms with E-state index in [4.69, 9.17) is 25.1 Å². The molecule has 0 aliphatic carbocycles. The number of carbonyl (C=O) groups is 2. The number of carbonyl (C=O) groups excluding carboxylic acids is 1. The van der Waals surface area contributed by atoms with Crippen LogP contribution in [0.2, 0.25) is 0 Å². The van der Waals surface area contributed by atoms with Gasteiger partial charge in [0.05, 0.1) is 25.7 Å². The molecule has 3 heterocycles. The molecule has 2 saturated heterocycles. The van der Waals surface area contributed by atoms with Gasteiger partial charge in [-0.2, -0.15) is 4.98 Å². The van der Waals surface area contributed by atoms with Crippen molar-refractivity contribution in [3.8, 4) is 11.5 Å². The molecule has 1 aromatic heterocycles. The van der Waals surface area contributed by atoms with Gasteiger partial charge < -0.3 is 30.5 Å². The predicted molar refractivity (Wildman–Crippen MR) is 97.9 cm³/mol. The van der Waals surface area contributed by atoms with Gasteiger partial charge in [-0.15, -0.1) is 0 Å². The summed E-state index contributed by atoms with van der Waals surface area (Å²) in [6.45, 7) is 1.84. The Hall–Kier alpha value is -3.30. The summed E-state index contributed by atoms with van der Waals surface area (Å²) in [7, 11) is 3.15. The molecule has 2 aromatic rings. The number of methoxy groups -OCH3 is 2. The molecule has 4 rings (SSSR count). The first-order chi connectivity index (χ1) is 13.0. The van der Waals surface area contributed by atoms with E-state index in [-0.39, 0.29) is 18.3 Å². The minimum absolute atomic E-state index is 0.0101. The highest BCUT2D eigenvalue weighted by Crippen LogP contribution is 2.35. The zero-order valence-corrected chi connectivity index (χ0v) is 15.0. The van der Waals surface area contributed by atoms with Gasteiger partial charge in [0.15, 0.2) is 11.5 Å². The van der Waals surface area contributed by atoms with Crippen molar-refractivity contribution in [3.63, 3.8) is 0 Å². The van der Waals surface area contributed by atoms with Crippen molar-refractivity contribution < 1.29 is 24.2 Å². The first kappa shape index (κ1) is 18.5. The molecule has 2 atom stereocenters. The number of benzene rings is 1. The summed E-state index contributed by atoms with van der Waals surface area (Å²) >= 11 is 0. The van der Waals surface area contributed by atoms with Crippen molar-refractivity contribution in [2.75, 3.05) is 44.5 Å². The van der Waals surface area contributed by atoms with Crippen LogP contribution in [-0.2, 0) is 9.59 Å². The Morgan fingerprint density at radius 2 is 1.93 bits per heavy atom. The molecule has 4 N–H and O–H groups in total. The van der Waals surface area contributed by atoms with Crippen LogP contribution in [0.1, 0.15) is 0 Å². The minimum Gasteiger partial charge on any atom is -0.493 e. The van der Waals surface area contributed by atoms with Crippen molar-refractivity contribution in [1.29, 1.82) is 0 Å². The van der Waals surface area contributed by atoms with E-state index < -0.39 is 0 Å². The topological polar surface area (TPSA) is 140 Å². The van der Waals surface area contributed by atoms with E-state index in [1.54, 1.807) is 26.4 Å². The molecule has 144 valence electrons.